The molecule has 0 bridgehead atoms. The van der Waals surface area contributed by atoms with Crippen LogP contribution < -0.4 is 16.0 Å². The third kappa shape index (κ3) is 8.87. The summed E-state index contributed by atoms with van der Waals surface area (Å²) >= 11 is 0. The Hall–Kier alpha value is -13.8. The summed E-state index contributed by atoms with van der Waals surface area (Å²) < 4.78 is 0. The summed E-state index contributed by atoms with van der Waals surface area (Å²) in [6, 6.07) is -2.31. The van der Waals surface area contributed by atoms with Crippen molar-refractivity contribution in [1.82, 2.24) is 4.90 Å². The molecule has 51 heteroatoms. The molecule has 2 aliphatic rings. The first-order valence-corrected chi connectivity index (χ1v) is 20.8. The molecular weight excluding hydrogens is 1170 g/mol. The van der Waals surface area contributed by atoms with E-state index in [0.717, 1.165) is 6.07 Å². The van der Waals surface area contributed by atoms with E-state index in [4.69, 9.17) is 0 Å². The van der Waals surface area contributed by atoms with Gasteiger partial charge in [0.15, 0.2) is 17.1 Å². The number of benzene rings is 4. The van der Waals surface area contributed by atoms with Crippen molar-refractivity contribution in [2.75, 3.05) is 16.0 Å². The van der Waals surface area contributed by atoms with Gasteiger partial charge in [0.25, 0.3) is 17.1 Å². The number of nitro benzene ring substituents is 9. The number of nitrogens with one attached hydrogen (secondary N) is 3. The largest absolute Gasteiger partial charge is 0.695 e. The van der Waals surface area contributed by atoms with Crippen LogP contribution in [0, 0.1) is 152 Å². The topological polar surface area (TPSA) is 711 Å². The van der Waals surface area contributed by atoms with Crippen LogP contribution in [0.2, 0.25) is 0 Å². The van der Waals surface area contributed by atoms with Crippen molar-refractivity contribution >= 4 is 80.2 Å². The first-order valence-electron chi connectivity index (χ1n) is 20.8. The third-order valence-electron chi connectivity index (χ3n) is 11.9. The number of anilines is 3. The lowest BCUT2D eigenvalue weighted by Crippen LogP contribution is -2.91. The Kier molecular flexibility index (Phi) is 14.7. The molecule has 4 aromatic carbocycles. The number of guanidine groups is 2. The molecule has 4 aromatic rings. The molecule has 3 unspecified atom stereocenters. The highest BCUT2D eigenvalue weighted by atomic mass is 16.7. The average molecular weight is 1190 g/mol. The second kappa shape index (κ2) is 20.8. The molecule has 434 valence electrons. The minimum absolute atomic E-state index is 0.0820. The minimum Gasteiger partial charge on any atom is -0.329 e. The number of rotatable bonds is 21. The summed E-state index contributed by atoms with van der Waals surface area (Å²) in [5.74, 6) is -9.25. The molecule has 6 rings (SSSR count). The van der Waals surface area contributed by atoms with Gasteiger partial charge in [0.05, 0.1) is 85.6 Å². The first kappa shape index (κ1) is 59.4. The number of aliphatic imine (C=N–C) groups is 2. The van der Waals surface area contributed by atoms with Gasteiger partial charge in [-0.3, -0.25) is 152 Å². The minimum atomic E-state index is -6.47. The van der Waals surface area contributed by atoms with E-state index >= 15 is 0 Å². The SMILES string of the molecule is O=[N+]([O-])c1cc([N+](=O)[O-])c(NC2=NC(Nc3c([N+](=O)[O-])cc([N+](=O)[O-])cc3[N+](=O)[O-])(c3ccccc3)N(C3([N+](=O)[O-])C=CC([N+](=O)[O-])C([N+](=O)[O-])([N+](=O)[O-])C3([N+](=O)[O-])[N+](=O)[O-])C(Nc3c([N+](=O)[O-])cc([N+](=O)[O-])cc3[N+](=O)[O-])=N2)c([N+](=O)[O-])c1. The zero-order valence-corrected chi connectivity index (χ0v) is 39.4. The molecule has 1 aliphatic heterocycles. The van der Waals surface area contributed by atoms with Crippen LogP contribution in [0.4, 0.5) is 68.2 Å². The van der Waals surface area contributed by atoms with Gasteiger partial charge in [-0.2, -0.15) is 9.98 Å². The second-order valence-corrected chi connectivity index (χ2v) is 16.0. The predicted octanol–water partition coefficient (Wildman–Crippen LogP) is 3.02. The van der Waals surface area contributed by atoms with Gasteiger partial charge in [-0.05, 0) is 0 Å². The Morgan fingerprint density at radius 3 is 1.10 bits per heavy atom. The van der Waals surface area contributed by atoms with E-state index in [2.05, 4.69) is 9.98 Å². The van der Waals surface area contributed by atoms with Crippen molar-refractivity contribution in [3.05, 3.63) is 236 Å². The maximum absolute atomic E-state index is 14.5. The van der Waals surface area contributed by atoms with Crippen molar-refractivity contribution in [3.63, 3.8) is 0 Å². The summed E-state index contributed by atoms with van der Waals surface area (Å²) in [5.41, 5.74) is -42.7. The van der Waals surface area contributed by atoms with Gasteiger partial charge < -0.3 is 16.0 Å². The smallest absolute Gasteiger partial charge is 0.329 e. The lowest BCUT2D eigenvalue weighted by atomic mass is 9.71. The van der Waals surface area contributed by atoms with Gasteiger partial charge in [0, 0.05) is 22.6 Å². The number of nitro groups is 15. The summed E-state index contributed by atoms with van der Waals surface area (Å²) in [4.78, 5) is 169. The van der Waals surface area contributed by atoms with Crippen LogP contribution in [0.3, 0.4) is 0 Å². The molecular formula is C33H17N21O30. The molecule has 1 heterocycles. The van der Waals surface area contributed by atoms with Crippen molar-refractivity contribution in [3.8, 4) is 0 Å². The quantitative estimate of drug-likeness (QED) is 0.0467. The molecule has 84 heavy (non-hydrogen) atoms. The summed E-state index contributed by atoms with van der Waals surface area (Å²) in [5, 5.41) is 199. The second-order valence-electron chi connectivity index (χ2n) is 16.0. The molecule has 0 aromatic heterocycles. The predicted molar refractivity (Wildman–Crippen MR) is 258 cm³/mol. The third-order valence-corrected chi connectivity index (χ3v) is 11.9. The molecule has 1 aliphatic carbocycles. The van der Waals surface area contributed by atoms with Gasteiger partial charge in [-0.15, -0.1) is 0 Å². The zero-order chi connectivity index (χ0) is 63.2. The van der Waals surface area contributed by atoms with Crippen LogP contribution in [0.15, 0.2) is 88.9 Å². The Morgan fingerprint density at radius 1 is 0.429 bits per heavy atom. The summed E-state index contributed by atoms with van der Waals surface area (Å²) in [6.07, 6.45) is -1.55. The van der Waals surface area contributed by atoms with E-state index in [1.54, 1.807) is 10.6 Å². The number of hydrogen-bond donors (Lipinski definition) is 3. The lowest BCUT2D eigenvalue weighted by molar-refractivity contribution is -0.979. The highest BCUT2D eigenvalue weighted by molar-refractivity contribution is 6.11. The summed E-state index contributed by atoms with van der Waals surface area (Å²) in [6.45, 7) is 0. The lowest BCUT2D eigenvalue weighted by Gasteiger charge is -2.49. The average Bonchev–Trinajstić information content (AvgIpc) is 0.728. The van der Waals surface area contributed by atoms with Crippen LogP contribution in [-0.4, -0.2) is 114 Å². The maximum atomic E-state index is 14.5. The Bertz CT molecular complexity index is 3740. The first-order chi connectivity index (χ1) is 39.0. The van der Waals surface area contributed by atoms with Crippen molar-refractivity contribution < 1.29 is 73.8 Å². The Morgan fingerprint density at radius 2 is 0.786 bits per heavy atom. The summed E-state index contributed by atoms with van der Waals surface area (Å²) in [7, 11) is 0. The monoisotopic (exact) mass is 1190 g/mol. The van der Waals surface area contributed by atoms with E-state index in [1.165, 1.54) is 5.32 Å². The fourth-order valence-electron chi connectivity index (χ4n) is 8.67. The molecule has 51 nitrogen and oxygen atoms in total. The zero-order valence-electron chi connectivity index (χ0n) is 39.4. The van der Waals surface area contributed by atoms with Crippen LogP contribution in [0.5, 0.6) is 0 Å². The van der Waals surface area contributed by atoms with Gasteiger partial charge in [-0.25, -0.2) is 4.90 Å². The Balaban J connectivity index is 2.11. The van der Waals surface area contributed by atoms with E-state index in [1.807, 2.05) is 0 Å². The molecule has 0 radical (unpaired) electrons. The standard InChI is InChI=1S/C33H17N21O30/c55-40(56)15-8-18(43(61)62)25(19(9-15)44(63)64)34-28-36-29(35-26-20(45(65)66)10-16(41(57)58)11-21(26)46(67)68)39(30(50(75)76)7-6-24(49(73)74)31(51(77)78,52(79)80)33(30,53(81)82)54(83)84)32(38-28,14-4-2-1-3-5-14)37-27-22(47(69)70)12-17(42(59)60)13-23(27)48(71)72/h1-13,24,37H,(H2,34,35,36,38). The van der Waals surface area contributed by atoms with Crippen LogP contribution in [0.25, 0.3) is 0 Å². The molecule has 3 N–H and O–H groups in total. The van der Waals surface area contributed by atoms with Gasteiger partial charge in [0.1, 0.15) is 19.7 Å². The van der Waals surface area contributed by atoms with Crippen LogP contribution >= 0.6 is 0 Å². The maximum Gasteiger partial charge on any atom is 0.695 e. The van der Waals surface area contributed by atoms with Gasteiger partial charge >= 0.3 is 57.2 Å². The molecule has 0 spiro atoms. The van der Waals surface area contributed by atoms with E-state index < -0.39 is 205 Å². The fourth-order valence-corrected chi connectivity index (χ4v) is 8.67. The fraction of sp³-hybridized carbons (Fsp3) is 0.152. The highest BCUT2D eigenvalue weighted by Gasteiger charge is 3.11. The molecule has 0 amide bonds. The van der Waals surface area contributed by atoms with Crippen molar-refractivity contribution in [2.45, 2.75) is 28.8 Å². The normalized spacial score (nSPS) is 18.2. The van der Waals surface area contributed by atoms with E-state index in [-0.39, 0.29) is 36.4 Å². The van der Waals surface area contributed by atoms with E-state index in [0.29, 0.717) is 24.3 Å². The molecule has 3 atom stereocenters. The van der Waals surface area contributed by atoms with Crippen LogP contribution in [0.1, 0.15) is 5.56 Å². The number of nitrogens with zero attached hydrogens (tertiary/aromatic N) is 18. The molecule has 0 fully saturated rings. The number of hydrogen-bond acceptors (Lipinski definition) is 36. The van der Waals surface area contributed by atoms with Gasteiger partial charge in [0.2, 0.25) is 17.7 Å². The van der Waals surface area contributed by atoms with Crippen molar-refractivity contribution in [2.24, 2.45) is 9.98 Å². The van der Waals surface area contributed by atoms with Crippen LogP contribution in [-0.2, 0) is 5.79 Å². The Labute approximate surface area is 449 Å². The highest BCUT2D eigenvalue weighted by Crippen LogP contribution is 2.56. The van der Waals surface area contributed by atoms with Gasteiger partial charge in [-0.1, -0.05) is 30.3 Å². The molecule has 0 saturated heterocycles. The van der Waals surface area contributed by atoms with E-state index in [9.17, 15) is 152 Å². The number of non-ortho nitro benzene ring substituents is 3. The van der Waals surface area contributed by atoms with Crippen molar-refractivity contribution in [1.29, 1.82) is 0 Å². The molecule has 0 saturated carbocycles.